The monoisotopic (exact) mass is 625 g/mol. The van der Waals surface area contributed by atoms with Crippen molar-refractivity contribution in [1.29, 1.82) is 0 Å². The van der Waals surface area contributed by atoms with Gasteiger partial charge >= 0.3 is 18.0 Å². The molecule has 0 spiro atoms. The molecule has 46 heavy (non-hydrogen) atoms. The Morgan fingerprint density at radius 3 is 2.26 bits per heavy atom. The van der Waals surface area contributed by atoms with E-state index in [9.17, 15) is 14.4 Å². The Balaban J connectivity index is 1.36. The van der Waals surface area contributed by atoms with E-state index in [4.69, 9.17) is 14.2 Å². The van der Waals surface area contributed by atoms with Gasteiger partial charge in [0.25, 0.3) is 0 Å². The van der Waals surface area contributed by atoms with Crippen LogP contribution in [0.25, 0.3) is 0 Å². The molecule has 0 radical (unpaired) electrons. The Morgan fingerprint density at radius 2 is 1.63 bits per heavy atom. The van der Waals surface area contributed by atoms with Gasteiger partial charge in [0.2, 0.25) is 0 Å². The summed E-state index contributed by atoms with van der Waals surface area (Å²) in [5.41, 5.74) is 5.18. The first kappa shape index (κ1) is 32.8. The number of allylic oxidation sites excluding steroid dienone is 2. The summed E-state index contributed by atoms with van der Waals surface area (Å²) < 4.78 is 16.8. The highest BCUT2D eigenvalue weighted by Crippen LogP contribution is 2.42. The van der Waals surface area contributed by atoms with Crippen LogP contribution in [0, 0.1) is 6.92 Å². The van der Waals surface area contributed by atoms with E-state index in [0.717, 1.165) is 30.8 Å². The highest BCUT2D eigenvalue weighted by molar-refractivity contribution is 6.11. The minimum absolute atomic E-state index is 0.106. The number of para-hydroxylation sites is 2. The highest BCUT2D eigenvalue weighted by atomic mass is 16.5. The van der Waals surface area contributed by atoms with Gasteiger partial charge < -0.3 is 19.5 Å². The molecule has 0 bridgehead atoms. The largest absolute Gasteiger partial charge is 0.496 e. The number of esters is 2. The number of cyclic esters (lactones) is 1. The van der Waals surface area contributed by atoms with Crippen LogP contribution in [-0.2, 0) is 27.3 Å². The number of amides is 2. The molecule has 3 aromatic rings. The van der Waals surface area contributed by atoms with Crippen LogP contribution in [-0.4, -0.2) is 56.2 Å². The Morgan fingerprint density at radius 1 is 0.978 bits per heavy atom. The molecule has 242 valence electrons. The molecule has 5 rings (SSSR count). The Labute approximate surface area is 271 Å². The molecule has 0 unspecified atom stereocenters. The lowest BCUT2D eigenvalue weighted by Crippen LogP contribution is -2.33. The molecule has 2 aliphatic heterocycles. The van der Waals surface area contributed by atoms with Gasteiger partial charge in [0.15, 0.2) is 0 Å². The maximum Gasteiger partial charge on any atom is 0.341 e. The van der Waals surface area contributed by atoms with Crippen LogP contribution in [0.2, 0.25) is 0 Å². The maximum absolute atomic E-state index is 14.1. The zero-order valence-corrected chi connectivity index (χ0v) is 27.0. The Hall–Kier alpha value is -4.63. The predicted octanol–water partition coefficient (Wildman–Crippen LogP) is 7.34. The SMILES string of the molecule is COc1c(C)c2c(c(NC(=O)N(c3ccccc3)c3ccccc3)c1C/C=C(\C)CCC(=O)OCCN1CCCCC1)C(=O)OC2. The molecule has 0 saturated carbocycles. The topological polar surface area (TPSA) is 97.4 Å². The molecule has 1 saturated heterocycles. The molecule has 2 amide bonds. The number of carbonyl (C=O) groups excluding carboxylic acids is 3. The number of methoxy groups -OCH3 is 1. The molecule has 3 aromatic carbocycles. The quantitative estimate of drug-likeness (QED) is 0.166. The third-order valence-corrected chi connectivity index (χ3v) is 8.64. The van der Waals surface area contributed by atoms with Gasteiger partial charge in [0, 0.05) is 24.1 Å². The third kappa shape index (κ3) is 7.77. The number of fused-ring (bicyclic) bond motifs is 1. The molecule has 0 aliphatic carbocycles. The smallest absolute Gasteiger partial charge is 0.341 e. The summed E-state index contributed by atoms with van der Waals surface area (Å²) in [6.45, 7) is 7.30. The van der Waals surface area contributed by atoms with Gasteiger partial charge in [-0.15, -0.1) is 0 Å². The number of urea groups is 1. The number of ether oxygens (including phenoxy) is 3. The van der Waals surface area contributed by atoms with E-state index < -0.39 is 12.0 Å². The lowest BCUT2D eigenvalue weighted by atomic mass is 9.93. The molecule has 9 nitrogen and oxygen atoms in total. The number of anilines is 3. The van der Waals surface area contributed by atoms with Gasteiger partial charge in [-0.25, -0.2) is 9.59 Å². The molecule has 9 heteroatoms. The van der Waals surface area contributed by atoms with Crippen molar-refractivity contribution in [3.63, 3.8) is 0 Å². The van der Waals surface area contributed by atoms with Crippen LogP contribution in [0.15, 0.2) is 72.3 Å². The van der Waals surface area contributed by atoms with Crippen molar-refractivity contribution in [3.05, 3.63) is 94.6 Å². The van der Waals surface area contributed by atoms with Crippen LogP contribution in [0.5, 0.6) is 5.75 Å². The zero-order valence-electron chi connectivity index (χ0n) is 27.0. The fraction of sp³-hybridized carbons (Fsp3) is 0.378. The average molecular weight is 626 g/mol. The normalized spacial score (nSPS) is 14.8. The number of nitrogens with one attached hydrogen (secondary N) is 1. The Kier molecular flexibility index (Phi) is 11.1. The molecule has 0 atom stereocenters. The number of benzene rings is 3. The zero-order chi connectivity index (χ0) is 32.5. The maximum atomic E-state index is 14.1. The van der Waals surface area contributed by atoms with Crippen LogP contribution < -0.4 is 15.0 Å². The van der Waals surface area contributed by atoms with Crippen molar-refractivity contribution in [2.45, 2.75) is 59.0 Å². The lowest BCUT2D eigenvalue weighted by molar-refractivity contribution is -0.144. The minimum Gasteiger partial charge on any atom is -0.496 e. The second-order valence-corrected chi connectivity index (χ2v) is 11.8. The van der Waals surface area contributed by atoms with Crippen molar-refractivity contribution in [2.24, 2.45) is 0 Å². The molecular weight excluding hydrogens is 582 g/mol. The van der Waals surface area contributed by atoms with Crippen LogP contribution in [0.4, 0.5) is 21.9 Å². The minimum atomic E-state index is -0.490. The third-order valence-electron chi connectivity index (χ3n) is 8.64. The summed E-state index contributed by atoms with van der Waals surface area (Å²) in [5.74, 6) is -0.121. The first-order valence-corrected chi connectivity index (χ1v) is 16.0. The van der Waals surface area contributed by atoms with Gasteiger partial charge in [0.1, 0.15) is 19.0 Å². The van der Waals surface area contributed by atoms with E-state index in [1.807, 2.05) is 80.6 Å². The fourth-order valence-electron chi connectivity index (χ4n) is 6.11. The van der Waals surface area contributed by atoms with Crippen molar-refractivity contribution in [3.8, 4) is 5.75 Å². The number of rotatable bonds is 12. The molecule has 2 aliphatic rings. The summed E-state index contributed by atoms with van der Waals surface area (Å²) in [4.78, 5) is 43.6. The fourth-order valence-corrected chi connectivity index (χ4v) is 6.11. The summed E-state index contributed by atoms with van der Waals surface area (Å²) in [6, 6.07) is 18.2. The van der Waals surface area contributed by atoms with E-state index in [-0.39, 0.29) is 19.0 Å². The lowest BCUT2D eigenvalue weighted by Gasteiger charge is -2.26. The number of nitrogens with zero attached hydrogens (tertiary/aromatic N) is 2. The van der Waals surface area contributed by atoms with Gasteiger partial charge in [-0.3, -0.25) is 14.6 Å². The second-order valence-electron chi connectivity index (χ2n) is 11.8. The van der Waals surface area contributed by atoms with Crippen molar-refractivity contribution >= 4 is 35.0 Å². The van der Waals surface area contributed by atoms with E-state index in [1.54, 1.807) is 12.0 Å². The van der Waals surface area contributed by atoms with E-state index in [0.29, 0.717) is 59.0 Å². The number of hydrogen-bond donors (Lipinski definition) is 1. The van der Waals surface area contributed by atoms with Crippen LogP contribution in [0.3, 0.4) is 0 Å². The van der Waals surface area contributed by atoms with Gasteiger partial charge in [0.05, 0.1) is 29.7 Å². The number of likely N-dealkylation sites (tertiary alicyclic amines) is 1. The predicted molar refractivity (Wildman–Crippen MR) is 179 cm³/mol. The molecule has 1 fully saturated rings. The standard InChI is InChI=1S/C37H43N3O6/c1-26(18-20-32(41)45-24-23-39-21-11-6-12-22-39)17-19-30-34(33-31(25-46-36(33)42)27(2)35(30)44-3)38-37(43)40(28-13-7-4-8-14-28)29-15-9-5-10-16-29/h4-5,7-10,13-17H,6,11-12,18-25H2,1-3H3,(H,38,43)/b26-17+. The molecule has 1 N–H and O–H groups in total. The molecular formula is C37H43N3O6. The van der Waals surface area contributed by atoms with Crippen LogP contribution >= 0.6 is 0 Å². The summed E-state index contributed by atoms with van der Waals surface area (Å²) in [7, 11) is 1.58. The van der Waals surface area contributed by atoms with E-state index >= 15 is 0 Å². The average Bonchev–Trinajstić information content (AvgIpc) is 3.47. The summed E-state index contributed by atoms with van der Waals surface area (Å²) in [6.07, 6.45) is 6.88. The molecule has 0 aromatic heterocycles. The highest BCUT2D eigenvalue weighted by Gasteiger charge is 2.33. The number of carbonyl (C=O) groups is 3. The number of piperidine rings is 1. The Bertz CT molecular complexity index is 1530. The van der Waals surface area contributed by atoms with Gasteiger partial charge in [-0.1, -0.05) is 54.5 Å². The van der Waals surface area contributed by atoms with E-state index in [2.05, 4.69) is 10.2 Å². The van der Waals surface area contributed by atoms with Gasteiger partial charge in [-0.2, -0.15) is 0 Å². The second kappa shape index (κ2) is 15.6. The molecule has 2 heterocycles. The van der Waals surface area contributed by atoms with Crippen LogP contribution in [0.1, 0.15) is 66.1 Å². The first-order chi connectivity index (χ1) is 22.4. The van der Waals surface area contributed by atoms with Crippen molar-refractivity contribution in [1.82, 2.24) is 4.90 Å². The summed E-state index contributed by atoms with van der Waals surface area (Å²) in [5, 5.41) is 3.06. The van der Waals surface area contributed by atoms with Gasteiger partial charge in [-0.05, 0) is 82.4 Å². The van der Waals surface area contributed by atoms with Crippen molar-refractivity contribution < 1.29 is 28.6 Å². The first-order valence-electron chi connectivity index (χ1n) is 16.0. The van der Waals surface area contributed by atoms with E-state index in [1.165, 1.54) is 19.3 Å². The van der Waals surface area contributed by atoms with Crippen molar-refractivity contribution in [2.75, 3.05) is 43.6 Å². The summed E-state index contributed by atoms with van der Waals surface area (Å²) >= 11 is 0. The number of hydrogen-bond acceptors (Lipinski definition) is 7.